The van der Waals surface area contributed by atoms with E-state index in [1.807, 2.05) is 26.0 Å². The Morgan fingerprint density at radius 2 is 1.64 bits per heavy atom. The molecule has 0 bridgehead atoms. The summed E-state index contributed by atoms with van der Waals surface area (Å²) in [7, 11) is 1.68. The van der Waals surface area contributed by atoms with Gasteiger partial charge in [0.2, 0.25) is 5.88 Å². The SMILES string of the molecule is COc1ccc(N2CCN(c3ncnc(OC(C)C)c3N)CC2)cc1. The number of benzene rings is 1. The van der Waals surface area contributed by atoms with Gasteiger partial charge in [0, 0.05) is 31.9 Å². The van der Waals surface area contributed by atoms with Crippen LogP contribution in [0.4, 0.5) is 17.2 Å². The third-order valence-electron chi connectivity index (χ3n) is 4.19. The van der Waals surface area contributed by atoms with Crippen molar-refractivity contribution in [1.29, 1.82) is 0 Å². The molecule has 1 aromatic heterocycles. The van der Waals surface area contributed by atoms with Crippen molar-refractivity contribution in [2.24, 2.45) is 0 Å². The first-order valence-electron chi connectivity index (χ1n) is 8.49. The number of ether oxygens (including phenoxy) is 2. The highest BCUT2D eigenvalue weighted by Gasteiger charge is 2.22. The van der Waals surface area contributed by atoms with Crippen LogP contribution in [0.3, 0.4) is 0 Å². The fraction of sp³-hybridized carbons (Fsp3) is 0.444. The van der Waals surface area contributed by atoms with Crippen molar-refractivity contribution < 1.29 is 9.47 Å². The lowest BCUT2D eigenvalue weighted by Crippen LogP contribution is -2.47. The molecule has 0 amide bonds. The maximum atomic E-state index is 6.22. The molecule has 0 saturated carbocycles. The topological polar surface area (TPSA) is 76.7 Å². The van der Waals surface area contributed by atoms with E-state index in [1.54, 1.807) is 7.11 Å². The molecule has 0 unspecified atom stereocenters. The molecule has 3 rings (SSSR count). The van der Waals surface area contributed by atoms with E-state index in [4.69, 9.17) is 15.2 Å². The van der Waals surface area contributed by atoms with Crippen molar-refractivity contribution in [2.45, 2.75) is 20.0 Å². The van der Waals surface area contributed by atoms with Gasteiger partial charge in [0.1, 0.15) is 17.8 Å². The summed E-state index contributed by atoms with van der Waals surface area (Å²) in [5, 5.41) is 0. The highest BCUT2D eigenvalue weighted by Crippen LogP contribution is 2.30. The highest BCUT2D eigenvalue weighted by molar-refractivity contribution is 5.68. The van der Waals surface area contributed by atoms with Gasteiger partial charge in [-0.2, -0.15) is 4.98 Å². The number of piperazine rings is 1. The third kappa shape index (κ3) is 3.87. The predicted octanol–water partition coefficient (Wildman–Crippen LogP) is 2.18. The lowest BCUT2D eigenvalue weighted by molar-refractivity contribution is 0.234. The normalized spacial score (nSPS) is 14.7. The molecule has 0 radical (unpaired) electrons. The number of hydrogen-bond acceptors (Lipinski definition) is 7. The summed E-state index contributed by atoms with van der Waals surface area (Å²) >= 11 is 0. The van der Waals surface area contributed by atoms with Crippen LogP contribution in [0.25, 0.3) is 0 Å². The van der Waals surface area contributed by atoms with Gasteiger partial charge in [-0.15, -0.1) is 0 Å². The Morgan fingerprint density at radius 1 is 1.00 bits per heavy atom. The number of aromatic nitrogens is 2. The van der Waals surface area contributed by atoms with Gasteiger partial charge >= 0.3 is 0 Å². The third-order valence-corrected chi connectivity index (χ3v) is 4.19. The lowest BCUT2D eigenvalue weighted by atomic mass is 10.2. The van der Waals surface area contributed by atoms with Crippen LogP contribution in [-0.4, -0.2) is 49.4 Å². The van der Waals surface area contributed by atoms with Gasteiger partial charge in [0.25, 0.3) is 0 Å². The number of nitrogens with zero attached hydrogens (tertiary/aromatic N) is 4. The summed E-state index contributed by atoms with van der Waals surface area (Å²) in [5.74, 6) is 2.08. The van der Waals surface area contributed by atoms with Crippen LogP contribution >= 0.6 is 0 Å². The fourth-order valence-electron chi connectivity index (χ4n) is 2.91. The van der Waals surface area contributed by atoms with E-state index < -0.39 is 0 Å². The molecule has 0 aliphatic carbocycles. The van der Waals surface area contributed by atoms with Crippen LogP contribution in [0.1, 0.15) is 13.8 Å². The standard InChI is InChI=1S/C18H25N5O2/c1-13(2)25-18-16(19)17(20-12-21-18)23-10-8-22(9-11-23)14-4-6-15(24-3)7-5-14/h4-7,12-13H,8-11,19H2,1-3H3. The van der Waals surface area contributed by atoms with E-state index in [2.05, 4.69) is 31.9 Å². The van der Waals surface area contributed by atoms with Crippen LogP contribution in [0, 0.1) is 0 Å². The van der Waals surface area contributed by atoms with Gasteiger partial charge in [0.15, 0.2) is 5.82 Å². The zero-order valence-corrected chi connectivity index (χ0v) is 15.0. The molecule has 0 spiro atoms. The monoisotopic (exact) mass is 343 g/mol. The van der Waals surface area contributed by atoms with Crippen LogP contribution in [0.15, 0.2) is 30.6 Å². The molecule has 134 valence electrons. The Kier molecular flexibility index (Phi) is 5.11. The summed E-state index contributed by atoms with van der Waals surface area (Å²) in [5.41, 5.74) is 7.92. The molecule has 25 heavy (non-hydrogen) atoms. The van der Waals surface area contributed by atoms with E-state index in [-0.39, 0.29) is 6.10 Å². The van der Waals surface area contributed by atoms with Gasteiger partial charge < -0.3 is 25.0 Å². The zero-order valence-electron chi connectivity index (χ0n) is 15.0. The number of methoxy groups -OCH3 is 1. The number of rotatable bonds is 5. The van der Waals surface area contributed by atoms with E-state index in [1.165, 1.54) is 12.0 Å². The summed E-state index contributed by atoms with van der Waals surface area (Å²) in [6, 6.07) is 8.14. The first-order valence-corrected chi connectivity index (χ1v) is 8.49. The van der Waals surface area contributed by atoms with Gasteiger partial charge in [0.05, 0.1) is 13.2 Å². The maximum Gasteiger partial charge on any atom is 0.242 e. The molecule has 1 saturated heterocycles. The van der Waals surface area contributed by atoms with Crippen molar-refractivity contribution in [2.75, 3.05) is 48.8 Å². The number of nitrogens with two attached hydrogens (primary N) is 1. The van der Waals surface area contributed by atoms with Crippen LogP contribution in [-0.2, 0) is 0 Å². The number of nitrogen functional groups attached to an aromatic ring is 1. The molecule has 0 atom stereocenters. The van der Waals surface area contributed by atoms with Gasteiger partial charge in [-0.05, 0) is 38.1 Å². The highest BCUT2D eigenvalue weighted by atomic mass is 16.5. The second-order valence-corrected chi connectivity index (χ2v) is 6.25. The van der Waals surface area contributed by atoms with Crippen molar-refractivity contribution in [1.82, 2.24) is 9.97 Å². The van der Waals surface area contributed by atoms with E-state index in [9.17, 15) is 0 Å². The second kappa shape index (κ2) is 7.46. The van der Waals surface area contributed by atoms with Gasteiger partial charge in [-0.25, -0.2) is 4.98 Å². The molecule has 2 aromatic rings. The van der Waals surface area contributed by atoms with E-state index in [0.29, 0.717) is 11.6 Å². The molecule has 7 heteroatoms. The van der Waals surface area contributed by atoms with Crippen molar-refractivity contribution in [3.05, 3.63) is 30.6 Å². The Balaban J connectivity index is 1.67. The Labute approximate surface area is 148 Å². The molecule has 1 fully saturated rings. The quantitative estimate of drug-likeness (QED) is 0.891. The zero-order chi connectivity index (χ0) is 17.8. The average molecular weight is 343 g/mol. The second-order valence-electron chi connectivity index (χ2n) is 6.25. The van der Waals surface area contributed by atoms with Crippen LogP contribution in [0.5, 0.6) is 11.6 Å². The average Bonchev–Trinajstić information content (AvgIpc) is 2.63. The maximum absolute atomic E-state index is 6.22. The minimum absolute atomic E-state index is 0.0250. The van der Waals surface area contributed by atoms with Gasteiger partial charge in [-0.3, -0.25) is 0 Å². The minimum Gasteiger partial charge on any atom is -0.497 e. The van der Waals surface area contributed by atoms with Gasteiger partial charge in [-0.1, -0.05) is 0 Å². The van der Waals surface area contributed by atoms with Crippen molar-refractivity contribution in [3.63, 3.8) is 0 Å². The summed E-state index contributed by atoms with van der Waals surface area (Å²) < 4.78 is 10.9. The first kappa shape index (κ1) is 17.1. The molecule has 2 heterocycles. The first-order chi connectivity index (χ1) is 12.1. The summed E-state index contributed by atoms with van der Waals surface area (Å²) in [6.45, 7) is 7.39. The Morgan fingerprint density at radius 3 is 2.24 bits per heavy atom. The van der Waals surface area contributed by atoms with Crippen molar-refractivity contribution >= 4 is 17.2 Å². The number of hydrogen-bond donors (Lipinski definition) is 1. The molecule has 1 aliphatic rings. The lowest BCUT2D eigenvalue weighted by Gasteiger charge is -2.37. The fourth-order valence-corrected chi connectivity index (χ4v) is 2.91. The van der Waals surface area contributed by atoms with E-state index in [0.717, 1.165) is 37.7 Å². The van der Waals surface area contributed by atoms with Crippen LogP contribution in [0.2, 0.25) is 0 Å². The Bertz CT molecular complexity index is 697. The van der Waals surface area contributed by atoms with Crippen molar-refractivity contribution in [3.8, 4) is 11.6 Å². The molecular weight excluding hydrogens is 318 g/mol. The molecule has 1 aliphatic heterocycles. The molecule has 7 nitrogen and oxygen atoms in total. The number of anilines is 3. The summed E-state index contributed by atoms with van der Waals surface area (Å²) in [4.78, 5) is 13.0. The van der Waals surface area contributed by atoms with E-state index >= 15 is 0 Å². The molecule has 1 aromatic carbocycles. The minimum atomic E-state index is 0.0250. The molecular formula is C18H25N5O2. The predicted molar refractivity (Wildman–Crippen MR) is 99.6 cm³/mol. The Hall–Kier alpha value is -2.70. The summed E-state index contributed by atoms with van der Waals surface area (Å²) in [6.07, 6.45) is 1.54. The molecule has 2 N–H and O–H groups in total. The largest absolute Gasteiger partial charge is 0.497 e. The van der Waals surface area contributed by atoms with Crippen LogP contribution < -0.4 is 25.0 Å². The smallest absolute Gasteiger partial charge is 0.242 e.